The van der Waals surface area contributed by atoms with Gasteiger partial charge in [0.1, 0.15) is 0 Å². The molecule has 0 N–H and O–H groups in total. The van der Waals surface area contributed by atoms with Crippen molar-refractivity contribution in [2.45, 2.75) is 19.9 Å². The summed E-state index contributed by atoms with van der Waals surface area (Å²) >= 11 is 0. The first kappa shape index (κ1) is 10.2. The van der Waals surface area contributed by atoms with E-state index in [-0.39, 0.29) is 0 Å². The fourth-order valence-electron chi connectivity index (χ4n) is 1.45. The van der Waals surface area contributed by atoms with Crippen molar-refractivity contribution in [3.63, 3.8) is 0 Å². The normalized spacial score (nSPS) is 16.9. The summed E-state index contributed by atoms with van der Waals surface area (Å²) in [6, 6.07) is 0.427. The molecule has 1 aromatic heterocycles. The molecule has 0 unspecified atom stereocenters. The number of rotatable bonds is 3. The predicted octanol–water partition coefficient (Wildman–Crippen LogP) is 2.35. The van der Waals surface area contributed by atoms with Crippen LogP contribution in [0.5, 0.6) is 0 Å². The molecule has 2 rings (SSSR count). The second-order valence-electron chi connectivity index (χ2n) is 4.05. The lowest BCUT2D eigenvalue weighted by molar-refractivity contribution is -0.0287. The maximum atomic E-state index is 5.14. The Morgan fingerprint density at radius 3 is 2.93 bits per heavy atom. The Balaban J connectivity index is 2.17. The molecular weight excluding hydrogens is 188 g/mol. The van der Waals surface area contributed by atoms with Crippen molar-refractivity contribution in [1.29, 1.82) is 0 Å². The van der Waals surface area contributed by atoms with Crippen LogP contribution in [0.4, 0.5) is 0 Å². The molecular formula is C12H16N2O. The quantitative estimate of drug-likeness (QED) is 0.707. The van der Waals surface area contributed by atoms with Gasteiger partial charge in [0.05, 0.1) is 24.9 Å². The largest absolute Gasteiger partial charge is 0.377 e. The standard InChI is InChI=1S/C12H16N2O/c1-9(2)4-5-12-10(3)6-14(13-12)11-7-15-8-11/h4-6,11H,1,7-8H2,2-3H3/b5-4-. The monoisotopic (exact) mass is 204 g/mol. The fraction of sp³-hybridized carbons (Fsp3) is 0.417. The topological polar surface area (TPSA) is 27.1 Å². The zero-order valence-electron chi connectivity index (χ0n) is 9.23. The van der Waals surface area contributed by atoms with Gasteiger partial charge in [-0.25, -0.2) is 0 Å². The van der Waals surface area contributed by atoms with E-state index in [1.807, 2.05) is 23.8 Å². The fourth-order valence-corrected chi connectivity index (χ4v) is 1.45. The van der Waals surface area contributed by atoms with Crippen LogP contribution >= 0.6 is 0 Å². The van der Waals surface area contributed by atoms with Crippen LogP contribution in [0.25, 0.3) is 6.08 Å². The predicted molar refractivity (Wildman–Crippen MR) is 60.7 cm³/mol. The molecule has 0 bridgehead atoms. The molecule has 0 saturated carbocycles. The Labute approximate surface area is 90.1 Å². The summed E-state index contributed by atoms with van der Waals surface area (Å²) in [4.78, 5) is 0. The summed E-state index contributed by atoms with van der Waals surface area (Å²) in [6.45, 7) is 9.44. The Bertz CT molecular complexity index is 400. The van der Waals surface area contributed by atoms with Crippen molar-refractivity contribution in [2.75, 3.05) is 13.2 Å². The van der Waals surface area contributed by atoms with Crippen LogP contribution in [0, 0.1) is 6.92 Å². The minimum atomic E-state index is 0.427. The molecule has 15 heavy (non-hydrogen) atoms. The van der Waals surface area contributed by atoms with E-state index < -0.39 is 0 Å². The van der Waals surface area contributed by atoms with E-state index >= 15 is 0 Å². The van der Waals surface area contributed by atoms with Gasteiger partial charge in [-0.15, -0.1) is 0 Å². The third-order valence-electron chi connectivity index (χ3n) is 2.47. The van der Waals surface area contributed by atoms with Crippen molar-refractivity contribution in [3.8, 4) is 0 Å². The van der Waals surface area contributed by atoms with Crippen LogP contribution in [-0.4, -0.2) is 23.0 Å². The molecule has 3 heteroatoms. The van der Waals surface area contributed by atoms with Gasteiger partial charge in [0.2, 0.25) is 0 Å². The van der Waals surface area contributed by atoms with E-state index in [0.29, 0.717) is 6.04 Å². The molecule has 1 fully saturated rings. The van der Waals surface area contributed by atoms with Gasteiger partial charge in [-0.05, 0) is 25.5 Å². The molecule has 0 radical (unpaired) electrons. The summed E-state index contributed by atoms with van der Waals surface area (Å²) < 4.78 is 7.14. The van der Waals surface area contributed by atoms with Gasteiger partial charge in [0, 0.05) is 6.20 Å². The SMILES string of the molecule is C=C(C)/C=C\c1nn(C2COC2)cc1C. The molecule has 0 spiro atoms. The number of nitrogens with zero attached hydrogens (tertiary/aromatic N) is 2. The van der Waals surface area contributed by atoms with Crippen LogP contribution in [0.15, 0.2) is 24.4 Å². The zero-order chi connectivity index (χ0) is 10.8. The average molecular weight is 204 g/mol. The molecule has 1 saturated heterocycles. The van der Waals surface area contributed by atoms with Gasteiger partial charge in [-0.3, -0.25) is 4.68 Å². The van der Waals surface area contributed by atoms with E-state index in [1.54, 1.807) is 0 Å². The molecule has 0 atom stereocenters. The van der Waals surface area contributed by atoms with E-state index in [9.17, 15) is 0 Å². The van der Waals surface area contributed by atoms with Gasteiger partial charge in [-0.1, -0.05) is 18.2 Å². The van der Waals surface area contributed by atoms with Gasteiger partial charge in [-0.2, -0.15) is 5.10 Å². The summed E-state index contributed by atoms with van der Waals surface area (Å²) in [5.41, 5.74) is 3.25. The molecule has 80 valence electrons. The first-order valence-electron chi connectivity index (χ1n) is 5.14. The lowest BCUT2D eigenvalue weighted by Crippen LogP contribution is -2.30. The van der Waals surface area contributed by atoms with E-state index in [0.717, 1.165) is 24.5 Å². The Kier molecular flexibility index (Phi) is 2.73. The molecule has 1 aliphatic heterocycles. The number of aryl methyl sites for hydroxylation is 1. The minimum Gasteiger partial charge on any atom is -0.377 e. The smallest absolute Gasteiger partial charge is 0.0985 e. The number of hydrogen-bond donors (Lipinski definition) is 0. The lowest BCUT2D eigenvalue weighted by Gasteiger charge is -2.25. The van der Waals surface area contributed by atoms with Gasteiger partial charge < -0.3 is 4.74 Å². The summed E-state index contributed by atoms with van der Waals surface area (Å²) in [5, 5.41) is 4.51. The zero-order valence-corrected chi connectivity index (χ0v) is 9.23. The van der Waals surface area contributed by atoms with Crippen LogP contribution in [0.1, 0.15) is 24.2 Å². The summed E-state index contributed by atoms with van der Waals surface area (Å²) in [5.74, 6) is 0. The molecule has 1 aliphatic rings. The van der Waals surface area contributed by atoms with Gasteiger partial charge in [0.15, 0.2) is 0 Å². The highest BCUT2D eigenvalue weighted by molar-refractivity contribution is 5.51. The third kappa shape index (κ3) is 2.18. The van der Waals surface area contributed by atoms with Crippen molar-refractivity contribution >= 4 is 6.08 Å². The summed E-state index contributed by atoms with van der Waals surface area (Å²) in [6.07, 6.45) is 6.07. The molecule has 0 aromatic carbocycles. The maximum absolute atomic E-state index is 5.14. The Hall–Kier alpha value is -1.35. The number of hydrogen-bond acceptors (Lipinski definition) is 2. The maximum Gasteiger partial charge on any atom is 0.0985 e. The van der Waals surface area contributed by atoms with E-state index in [2.05, 4.69) is 24.8 Å². The second-order valence-corrected chi connectivity index (χ2v) is 4.05. The molecule has 0 amide bonds. The number of allylic oxidation sites excluding steroid dienone is 2. The highest BCUT2D eigenvalue weighted by atomic mass is 16.5. The number of ether oxygens (including phenoxy) is 1. The lowest BCUT2D eigenvalue weighted by atomic mass is 10.2. The van der Waals surface area contributed by atoms with Gasteiger partial charge >= 0.3 is 0 Å². The number of aromatic nitrogens is 2. The first-order chi connectivity index (χ1) is 7.16. The molecule has 0 aliphatic carbocycles. The van der Waals surface area contributed by atoms with Crippen molar-refractivity contribution in [2.24, 2.45) is 0 Å². The first-order valence-corrected chi connectivity index (χ1v) is 5.14. The van der Waals surface area contributed by atoms with Crippen molar-refractivity contribution in [1.82, 2.24) is 9.78 Å². The van der Waals surface area contributed by atoms with Crippen LogP contribution in [0.2, 0.25) is 0 Å². The third-order valence-corrected chi connectivity index (χ3v) is 2.47. The van der Waals surface area contributed by atoms with Crippen LogP contribution < -0.4 is 0 Å². The van der Waals surface area contributed by atoms with Crippen molar-refractivity contribution < 1.29 is 4.74 Å². The van der Waals surface area contributed by atoms with E-state index in [4.69, 9.17) is 4.74 Å². The Morgan fingerprint density at radius 2 is 2.40 bits per heavy atom. The minimum absolute atomic E-state index is 0.427. The highest BCUT2D eigenvalue weighted by Crippen LogP contribution is 2.18. The summed E-state index contributed by atoms with van der Waals surface area (Å²) in [7, 11) is 0. The second kappa shape index (κ2) is 4.03. The molecule has 3 nitrogen and oxygen atoms in total. The van der Waals surface area contributed by atoms with E-state index in [1.165, 1.54) is 5.56 Å². The van der Waals surface area contributed by atoms with Crippen LogP contribution in [0.3, 0.4) is 0 Å². The molecule has 1 aromatic rings. The highest BCUT2D eigenvalue weighted by Gasteiger charge is 2.21. The van der Waals surface area contributed by atoms with Crippen LogP contribution in [-0.2, 0) is 4.74 Å². The van der Waals surface area contributed by atoms with Gasteiger partial charge in [0.25, 0.3) is 0 Å². The molecule has 2 heterocycles. The van der Waals surface area contributed by atoms with Crippen molar-refractivity contribution in [3.05, 3.63) is 35.7 Å². The average Bonchev–Trinajstić information content (AvgIpc) is 2.40. The Morgan fingerprint density at radius 1 is 1.67 bits per heavy atom.